The molecule has 90 valence electrons. The van der Waals surface area contributed by atoms with Gasteiger partial charge in [-0.15, -0.1) is 0 Å². The van der Waals surface area contributed by atoms with Crippen LogP contribution in [0.2, 0.25) is 0 Å². The molecule has 0 atom stereocenters. The zero-order valence-corrected chi connectivity index (χ0v) is 9.74. The minimum absolute atomic E-state index is 0.185. The molecule has 2 N–H and O–H groups in total. The zero-order valence-electron chi connectivity index (χ0n) is 9.74. The third-order valence-corrected chi connectivity index (χ3v) is 1.72. The fraction of sp³-hybridized carbons (Fsp3) is 0.800. The van der Waals surface area contributed by atoms with Crippen molar-refractivity contribution in [3.05, 3.63) is 0 Å². The minimum atomic E-state index is -0.833. The molecule has 0 fully saturated rings. The number of carbonyl (C=O) groups is 2. The molecule has 0 aromatic carbocycles. The van der Waals surface area contributed by atoms with Crippen molar-refractivity contribution in [1.29, 1.82) is 0 Å². The van der Waals surface area contributed by atoms with Crippen LogP contribution >= 0.6 is 0 Å². The molecule has 0 aromatic rings. The quantitative estimate of drug-likeness (QED) is 0.737. The van der Waals surface area contributed by atoms with E-state index in [0.717, 1.165) is 13.3 Å². The number of carboxylic acid groups (broad SMARTS) is 2. The molecular formula is C10H20O5. The van der Waals surface area contributed by atoms with Gasteiger partial charge in [-0.2, -0.15) is 0 Å². The summed E-state index contributed by atoms with van der Waals surface area (Å²) in [6.07, 6.45) is 1.69. The molecule has 0 aliphatic carbocycles. The molecule has 0 aliphatic rings. The predicted octanol–water partition coefficient (Wildman–Crippen LogP) is 1.76. The summed E-state index contributed by atoms with van der Waals surface area (Å²) in [5, 5.41) is 15.8. The topological polar surface area (TPSA) is 83.8 Å². The van der Waals surface area contributed by atoms with Crippen molar-refractivity contribution in [2.45, 2.75) is 45.6 Å². The van der Waals surface area contributed by atoms with Crippen molar-refractivity contribution in [3.63, 3.8) is 0 Å². The molecule has 0 aliphatic heterocycles. The largest absolute Gasteiger partial charge is 0.481 e. The van der Waals surface area contributed by atoms with Crippen LogP contribution in [0.3, 0.4) is 0 Å². The normalized spacial score (nSPS) is 10.1. The van der Waals surface area contributed by atoms with E-state index in [1.165, 1.54) is 0 Å². The van der Waals surface area contributed by atoms with Crippen LogP contribution in [0.5, 0.6) is 0 Å². The Balaban J connectivity index is 0. The molecule has 5 nitrogen and oxygen atoms in total. The standard InChI is InChI=1S/C8H16O3.C2H4O2/c1-8(2,11-3)6-4-5-7(9)10;1-2(3)4/h4-6H2,1-3H3,(H,9,10);1H3,(H,3,4). The average Bonchev–Trinajstić information content (AvgIpc) is 2.02. The van der Waals surface area contributed by atoms with Gasteiger partial charge in [-0.25, -0.2) is 0 Å². The van der Waals surface area contributed by atoms with Crippen molar-refractivity contribution in [1.82, 2.24) is 0 Å². The van der Waals surface area contributed by atoms with Gasteiger partial charge >= 0.3 is 5.97 Å². The van der Waals surface area contributed by atoms with Gasteiger partial charge in [0.15, 0.2) is 0 Å². The van der Waals surface area contributed by atoms with Gasteiger partial charge in [-0.1, -0.05) is 0 Å². The Hall–Kier alpha value is -1.10. The van der Waals surface area contributed by atoms with Crippen molar-refractivity contribution < 1.29 is 24.5 Å². The van der Waals surface area contributed by atoms with E-state index in [9.17, 15) is 4.79 Å². The predicted molar refractivity (Wildman–Crippen MR) is 55.9 cm³/mol. The van der Waals surface area contributed by atoms with Gasteiger partial charge in [0.2, 0.25) is 0 Å². The molecule has 0 amide bonds. The number of methoxy groups -OCH3 is 1. The first-order chi connectivity index (χ1) is 6.71. The van der Waals surface area contributed by atoms with E-state index in [4.69, 9.17) is 19.7 Å². The number of hydrogen-bond acceptors (Lipinski definition) is 3. The highest BCUT2D eigenvalue weighted by Crippen LogP contribution is 2.16. The van der Waals surface area contributed by atoms with Gasteiger partial charge in [0.05, 0.1) is 5.60 Å². The van der Waals surface area contributed by atoms with Crippen LogP contribution in [-0.4, -0.2) is 34.9 Å². The van der Waals surface area contributed by atoms with Gasteiger partial charge in [0, 0.05) is 20.5 Å². The molecule has 5 heteroatoms. The van der Waals surface area contributed by atoms with Crippen molar-refractivity contribution >= 4 is 11.9 Å². The van der Waals surface area contributed by atoms with Gasteiger partial charge in [0.1, 0.15) is 0 Å². The van der Waals surface area contributed by atoms with Crippen LogP contribution < -0.4 is 0 Å². The molecule has 0 heterocycles. The summed E-state index contributed by atoms with van der Waals surface area (Å²) in [7, 11) is 1.64. The van der Waals surface area contributed by atoms with Crippen molar-refractivity contribution in [2.75, 3.05) is 7.11 Å². The summed E-state index contributed by atoms with van der Waals surface area (Å²) in [4.78, 5) is 19.1. The number of carboxylic acids is 2. The van der Waals surface area contributed by atoms with Crippen molar-refractivity contribution in [2.24, 2.45) is 0 Å². The first-order valence-electron chi connectivity index (χ1n) is 4.67. The average molecular weight is 220 g/mol. The third kappa shape index (κ3) is 19.3. The second kappa shape index (κ2) is 8.23. The fourth-order valence-corrected chi connectivity index (χ4v) is 0.767. The zero-order chi connectivity index (χ0) is 12.5. The minimum Gasteiger partial charge on any atom is -0.481 e. The Kier molecular flexibility index (Phi) is 8.96. The first-order valence-corrected chi connectivity index (χ1v) is 4.67. The van der Waals surface area contributed by atoms with E-state index in [2.05, 4.69) is 0 Å². The summed E-state index contributed by atoms with van der Waals surface area (Å²) in [6.45, 7) is 4.99. The van der Waals surface area contributed by atoms with Gasteiger partial charge in [-0.3, -0.25) is 9.59 Å². The number of ether oxygens (including phenoxy) is 1. The van der Waals surface area contributed by atoms with E-state index < -0.39 is 11.9 Å². The number of hydrogen-bond donors (Lipinski definition) is 2. The Morgan fingerprint density at radius 1 is 1.27 bits per heavy atom. The molecule has 0 saturated carbocycles. The van der Waals surface area contributed by atoms with Gasteiger partial charge < -0.3 is 14.9 Å². The maximum Gasteiger partial charge on any atom is 0.303 e. The summed E-state index contributed by atoms with van der Waals surface area (Å²) >= 11 is 0. The Bertz CT molecular complexity index is 194. The van der Waals surface area contributed by atoms with Crippen LogP contribution in [0.4, 0.5) is 0 Å². The molecule has 0 aromatic heterocycles. The summed E-state index contributed by atoms with van der Waals surface area (Å²) < 4.78 is 5.13. The summed E-state index contributed by atoms with van der Waals surface area (Å²) in [6, 6.07) is 0. The monoisotopic (exact) mass is 220 g/mol. The van der Waals surface area contributed by atoms with E-state index in [-0.39, 0.29) is 12.0 Å². The summed E-state index contributed by atoms with van der Waals surface area (Å²) in [5.74, 6) is -1.57. The molecule has 0 bridgehead atoms. The van der Waals surface area contributed by atoms with Crippen LogP contribution in [0.25, 0.3) is 0 Å². The maximum atomic E-state index is 10.1. The second-order valence-electron chi connectivity index (χ2n) is 3.73. The molecule has 0 radical (unpaired) electrons. The molecule has 15 heavy (non-hydrogen) atoms. The van der Waals surface area contributed by atoms with E-state index in [1.807, 2.05) is 13.8 Å². The van der Waals surface area contributed by atoms with E-state index in [0.29, 0.717) is 6.42 Å². The lowest BCUT2D eigenvalue weighted by molar-refractivity contribution is -0.137. The Labute approximate surface area is 90.1 Å². The molecule has 0 unspecified atom stereocenters. The number of aliphatic carboxylic acids is 2. The number of rotatable bonds is 5. The lowest BCUT2D eigenvalue weighted by atomic mass is 10.0. The molecule has 0 saturated heterocycles. The summed E-state index contributed by atoms with van der Waals surface area (Å²) in [5.41, 5.74) is -0.185. The van der Waals surface area contributed by atoms with E-state index >= 15 is 0 Å². The highest BCUT2D eigenvalue weighted by Gasteiger charge is 2.15. The lowest BCUT2D eigenvalue weighted by Crippen LogP contribution is -2.22. The third-order valence-electron chi connectivity index (χ3n) is 1.72. The van der Waals surface area contributed by atoms with Crippen LogP contribution in [0, 0.1) is 0 Å². The second-order valence-corrected chi connectivity index (χ2v) is 3.73. The molecule has 0 spiro atoms. The molecular weight excluding hydrogens is 200 g/mol. The Morgan fingerprint density at radius 2 is 1.67 bits per heavy atom. The van der Waals surface area contributed by atoms with E-state index in [1.54, 1.807) is 7.11 Å². The highest BCUT2D eigenvalue weighted by atomic mass is 16.5. The highest BCUT2D eigenvalue weighted by molar-refractivity contribution is 5.66. The first kappa shape index (κ1) is 16.3. The van der Waals surface area contributed by atoms with Crippen LogP contribution in [0.15, 0.2) is 0 Å². The van der Waals surface area contributed by atoms with Gasteiger partial charge in [0.25, 0.3) is 5.97 Å². The van der Waals surface area contributed by atoms with Gasteiger partial charge in [-0.05, 0) is 26.7 Å². The molecule has 0 rings (SSSR count). The smallest absolute Gasteiger partial charge is 0.303 e. The van der Waals surface area contributed by atoms with Crippen molar-refractivity contribution in [3.8, 4) is 0 Å². The Morgan fingerprint density at radius 3 is 1.93 bits per heavy atom. The lowest BCUT2D eigenvalue weighted by Gasteiger charge is -2.21. The van der Waals surface area contributed by atoms with Crippen LogP contribution in [0.1, 0.15) is 40.0 Å². The van der Waals surface area contributed by atoms with Crippen LogP contribution in [-0.2, 0) is 14.3 Å². The maximum absolute atomic E-state index is 10.1. The fourth-order valence-electron chi connectivity index (χ4n) is 0.767. The SMILES string of the molecule is CC(=O)O.COC(C)(C)CCCC(=O)O.